The standard InChI is InChI=1S/C23H21Cl2N3O4/c1-13-17(24)8-3-9-18(13)28-22(30)19(25)20(23(28)31)27-15-6-2-5-14(11-15)21(29)26-12-16-7-4-10-32-16/h2-3,5-6,8-9,11,16,27H,4,7,10,12H2,1H3,(H,26,29). The van der Waals surface area contributed by atoms with Gasteiger partial charge in [-0.15, -0.1) is 0 Å². The molecule has 1 saturated heterocycles. The second kappa shape index (κ2) is 9.32. The summed E-state index contributed by atoms with van der Waals surface area (Å²) in [6.45, 7) is 2.87. The van der Waals surface area contributed by atoms with E-state index in [4.69, 9.17) is 27.9 Å². The summed E-state index contributed by atoms with van der Waals surface area (Å²) in [7, 11) is 0. The summed E-state index contributed by atoms with van der Waals surface area (Å²) >= 11 is 12.4. The number of nitrogens with zero attached hydrogens (tertiary/aromatic N) is 1. The summed E-state index contributed by atoms with van der Waals surface area (Å²) in [5, 5.41) is 5.95. The molecule has 1 unspecified atom stereocenters. The Morgan fingerprint density at radius 3 is 2.69 bits per heavy atom. The van der Waals surface area contributed by atoms with Gasteiger partial charge in [0.15, 0.2) is 0 Å². The number of benzene rings is 2. The molecular formula is C23H21Cl2N3O4. The van der Waals surface area contributed by atoms with Crippen molar-refractivity contribution in [3.8, 4) is 0 Å². The van der Waals surface area contributed by atoms with Crippen molar-refractivity contribution in [1.29, 1.82) is 0 Å². The molecule has 2 aliphatic heterocycles. The third-order valence-corrected chi connectivity index (χ3v) is 6.18. The molecule has 3 amide bonds. The van der Waals surface area contributed by atoms with E-state index in [1.807, 2.05) is 0 Å². The van der Waals surface area contributed by atoms with Crippen molar-refractivity contribution < 1.29 is 19.1 Å². The lowest BCUT2D eigenvalue weighted by molar-refractivity contribution is -0.120. The van der Waals surface area contributed by atoms with Crippen molar-refractivity contribution in [2.45, 2.75) is 25.9 Å². The van der Waals surface area contributed by atoms with E-state index in [0.717, 1.165) is 17.7 Å². The van der Waals surface area contributed by atoms with Gasteiger partial charge in [0.05, 0.1) is 11.8 Å². The molecule has 0 aromatic heterocycles. The number of hydrogen-bond acceptors (Lipinski definition) is 5. The first-order chi connectivity index (χ1) is 15.4. The average molecular weight is 474 g/mol. The summed E-state index contributed by atoms with van der Waals surface area (Å²) in [6.07, 6.45) is 1.95. The molecule has 7 nitrogen and oxygen atoms in total. The van der Waals surface area contributed by atoms with Crippen LogP contribution in [0.25, 0.3) is 0 Å². The largest absolute Gasteiger partial charge is 0.376 e. The molecule has 166 valence electrons. The van der Waals surface area contributed by atoms with Gasteiger partial charge in [-0.05, 0) is 55.7 Å². The zero-order chi connectivity index (χ0) is 22.8. The van der Waals surface area contributed by atoms with Crippen LogP contribution in [0.4, 0.5) is 11.4 Å². The van der Waals surface area contributed by atoms with Gasteiger partial charge in [-0.2, -0.15) is 0 Å². The zero-order valence-electron chi connectivity index (χ0n) is 17.3. The molecule has 0 aliphatic carbocycles. The van der Waals surface area contributed by atoms with Crippen LogP contribution in [0.15, 0.2) is 53.2 Å². The van der Waals surface area contributed by atoms with Crippen LogP contribution in [0.3, 0.4) is 0 Å². The van der Waals surface area contributed by atoms with Crippen LogP contribution in [0.5, 0.6) is 0 Å². The second-order valence-electron chi connectivity index (χ2n) is 7.57. The highest BCUT2D eigenvalue weighted by Crippen LogP contribution is 2.34. The Morgan fingerprint density at radius 2 is 1.94 bits per heavy atom. The number of imide groups is 1. The van der Waals surface area contributed by atoms with Crippen molar-refractivity contribution in [3.05, 3.63) is 69.3 Å². The number of ether oxygens (including phenoxy) is 1. The minimum atomic E-state index is -0.644. The molecule has 0 spiro atoms. The Kier molecular flexibility index (Phi) is 6.50. The molecule has 1 atom stereocenters. The van der Waals surface area contributed by atoms with Crippen LogP contribution < -0.4 is 15.5 Å². The van der Waals surface area contributed by atoms with E-state index >= 15 is 0 Å². The van der Waals surface area contributed by atoms with Crippen LogP contribution in [0.2, 0.25) is 5.02 Å². The minimum absolute atomic E-state index is 0.0345. The quantitative estimate of drug-likeness (QED) is 0.619. The normalized spacial score (nSPS) is 18.5. The van der Waals surface area contributed by atoms with Crippen molar-refractivity contribution in [2.75, 3.05) is 23.4 Å². The minimum Gasteiger partial charge on any atom is -0.376 e. The summed E-state index contributed by atoms with van der Waals surface area (Å²) in [5.41, 5.74) is 1.75. The monoisotopic (exact) mass is 473 g/mol. The van der Waals surface area contributed by atoms with Gasteiger partial charge in [0.1, 0.15) is 10.7 Å². The fraction of sp³-hybridized carbons (Fsp3) is 0.261. The van der Waals surface area contributed by atoms with Crippen LogP contribution in [-0.2, 0) is 14.3 Å². The van der Waals surface area contributed by atoms with E-state index in [9.17, 15) is 14.4 Å². The molecule has 2 aromatic rings. The Labute approximate surface area is 195 Å². The molecule has 9 heteroatoms. The smallest absolute Gasteiger partial charge is 0.283 e. The maximum Gasteiger partial charge on any atom is 0.283 e. The highest BCUT2D eigenvalue weighted by molar-refractivity contribution is 6.53. The molecule has 2 aromatic carbocycles. The number of halogens is 2. The fourth-order valence-electron chi connectivity index (χ4n) is 3.66. The van der Waals surface area contributed by atoms with Crippen molar-refractivity contribution >= 4 is 52.3 Å². The third kappa shape index (κ3) is 4.37. The lowest BCUT2D eigenvalue weighted by atomic mass is 10.1. The van der Waals surface area contributed by atoms with E-state index < -0.39 is 11.8 Å². The van der Waals surface area contributed by atoms with Gasteiger partial charge in [0.25, 0.3) is 17.7 Å². The highest BCUT2D eigenvalue weighted by atomic mass is 35.5. The Balaban J connectivity index is 1.50. The molecule has 0 saturated carbocycles. The van der Waals surface area contributed by atoms with Gasteiger partial charge in [0.2, 0.25) is 0 Å². The summed E-state index contributed by atoms with van der Waals surface area (Å²) < 4.78 is 5.52. The topological polar surface area (TPSA) is 87.7 Å². The maximum atomic E-state index is 13.0. The summed E-state index contributed by atoms with van der Waals surface area (Å²) in [6, 6.07) is 11.6. The van der Waals surface area contributed by atoms with E-state index in [1.165, 1.54) is 0 Å². The van der Waals surface area contributed by atoms with Gasteiger partial charge in [-0.3, -0.25) is 14.4 Å². The van der Waals surface area contributed by atoms with E-state index in [1.54, 1.807) is 49.4 Å². The molecule has 1 fully saturated rings. The first-order valence-corrected chi connectivity index (χ1v) is 10.9. The Morgan fingerprint density at radius 1 is 1.16 bits per heavy atom. The second-order valence-corrected chi connectivity index (χ2v) is 8.35. The van der Waals surface area contributed by atoms with Crippen LogP contribution in [0.1, 0.15) is 28.8 Å². The molecule has 0 bridgehead atoms. The lowest BCUT2D eigenvalue weighted by Gasteiger charge is -2.18. The van der Waals surface area contributed by atoms with Gasteiger partial charge in [-0.25, -0.2) is 4.90 Å². The summed E-state index contributed by atoms with van der Waals surface area (Å²) in [5.74, 6) is -1.50. The Hall–Kier alpha value is -2.87. The summed E-state index contributed by atoms with van der Waals surface area (Å²) in [4.78, 5) is 39.2. The van der Waals surface area contributed by atoms with Crippen molar-refractivity contribution in [1.82, 2.24) is 5.32 Å². The van der Waals surface area contributed by atoms with Gasteiger partial charge in [0, 0.05) is 29.4 Å². The number of amides is 3. The van der Waals surface area contributed by atoms with Gasteiger partial charge < -0.3 is 15.4 Å². The molecule has 2 N–H and O–H groups in total. The van der Waals surface area contributed by atoms with E-state index in [2.05, 4.69) is 10.6 Å². The number of hydrogen-bond donors (Lipinski definition) is 2. The highest BCUT2D eigenvalue weighted by Gasteiger charge is 2.39. The fourth-order valence-corrected chi connectivity index (χ4v) is 4.05. The van der Waals surface area contributed by atoms with E-state index in [0.29, 0.717) is 40.7 Å². The molecule has 4 rings (SSSR count). The first kappa shape index (κ1) is 22.3. The SMILES string of the molecule is Cc1c(Cl)cccc1N1C(=O)C(Cl)=C(Nc2cccc(C(=O)NCC3CCCO3)c2)C1=O. The third-order valence-electron chi connectivity index (χ3n) is 5.42. The van der Waals surface area contributed by atoms with Gasteiger partial charge >= 0.3 is 0 Å². The number of nitrogens with one attached hydrogen (secondary N) is 2. The predicted octanol–water partition coefficient (Wildman–Crippen LogP) is 3.99. The maximum absolute atomic E-state index is 13.0. The predicted molar refractivity (Wildman–Crippen MR) is 123 cm³/mol. The molecule has 0 radical (unpaired) electrons. The van der Waals surface area contributed by atoms with Crippen LogP contribution >= 0.6 is 23.2 Å². The average Bonchev–Trinajstić information content (AvgIpc) is 3.38. The number of rotatable bonds is 6. The van der Waals surface area contributed by atoms with E-state index in [-0.39, 0.29) is 22.7 Å². The van der Waals surface area contributed by atoms with Crippen molar-refractivity contribution in [2.24, 2.45) is 0 Å². The molecule has 2 heterocycles. The Bertz CT molecular complexity index is 1130. The molecule has 2 aliphatic rings. The van der Waals surface area contributed by atoms with Crippen LogP contribution in [0, 0.1) is 6.92 Å². The molecular weight excluding hydrogens is 453 g/mol. The van der Waals surface area contributed by atoms with Crippen LogP contribution in [-0.4, -0.2) is 37.0 Å². The number of anilines is 2. The lowest BCUT2D eigenvalue weighted by Crippen LogP contribution is -2.33. The zero-order valence-corrected chi connectivity index (χ0v) is 18.8. The molecule has 32 heavy (non-hydrogen) atoms. The van der Waals surface area contributed by atoms with Gasteiger partial charge in [-0.1, -0.05) is 35.3 Å². The number of carbonyl (C=O) groups excluding carboxylic acids is 3. The van der Waals surface area contributed by atoms with Crippen molar-refractivity contribution in [3.63, 3.8) is 0 Å². The number of carbonyl (C=O) groups is 3. The first-order valence-electron chi connectivity index (χ1n) is 10.2.